The molecule has 12 nitrogen and oxygen atoms in total. The molecule has 19 heteroatoms. The summed E-state index contributed by atoms with van der Waals surface area (Å²) < 4.78 is 0. The predicted octanol–water partition coefficient (Wildman–Crippen LogP) is -10.8. The Morgan fingerprint density at radius 1 is 0.194 bits per heavy atom. The van der Waals surface area contributed by atoms with Gasteiger partial charge in [0.25, 0.3) is 0 Å². The molecule has 0 aromatic carbocycles. The molecule has 0 amide bonds. The molecule has 0 bridgehead atoms. The third kappa shape index (κ3) is 6170. The smallest absolute Gasteiger partial charge is 0.512 e. The molecule has 0 aromatic heterocycles. The third-order valence-corrected chi connectivity index (χ3v) is 0. The first-order valence-corrected chi connectivity index (χ1v) is 2.68. The van der Waals surface area contributed by atoms with E-state index in [9.17, 15) is 0 Å². The Labute approximate surface area is 392 Å². The standard InChI is InChI=1S/12CN.2Fe.4K.Ti/c12*1-2;;;;;;;/q12*-1;2*+2;4*+1;+4. The molecule has 132 valence electrons. The molecule has 0 unspecified atom stereocenters. The van der Waals surface area contributed by atoms with Crippen molar-refractivity contribution in [2.75, 3.05) is 0 Å². The molecule has 0 spiro atoms. The Balaban J connectivity index is -0.00000000292. The fourth-order valence-electron chi connectivity index (χ4n) is 0. The van der Waals surface area contributed by atoms with Crippen molar-refractivity contribution in [3.63, 3.8) is 0 Å². The van der Waals surface area contributed by atoms with E-state index in [1.54, 1.807) is 0 Å². The molecule has 0 rings (SSSR count). The number of hydrogen-bond donors (Lipinski definition) is 0. The van der Waals surface area contributed by atoms with Crippen LogP contribution in [0.4, 0.5) is 0 Å². The van der Waals surface area contributed by atoms with Gasteiger partial charge in [-0.15, -0.1) is 0 Å². The molecule has 0 fully saturated rings. The van der Waals surface area contributed by atoms with Crippen molar-refractivity contribution >= 4 is 0 Å². The fraction of sp³-hybridized carbons (Fsp3) is 0. The summed E-state index contributed by atoms with van der Waals surface area (Å²) in [6.45, 7) is 57.0. The van der Waals surface area contributed by atoms with Gasteiger partial charge >= 0.3 is 261 Å². The van der Waals surface area contributed by atoms with Crippen LogP contribution in [0, 0.1) is 142 Å². The molecule has 0 saturated heterocycles. The zero-order chi connectivity index (χ0) is 24.0. The normalized spacial score (nSPS) is 0.774. The van der Waals surface area contributed by atoms with Gasteiger partial charge in [0, 0.05) is 0 Å². The number of hydrogen-bond acceptors (Lipinski definition) is 12. The first-order chi connectivity index (χ1) is 12.0. The quantitative estimate of drug-likeness (QED) is 0.179. The third-order valence-electron chi connectivity index (χ3n) is 0. The van der Waals surface area contributed by atoms with Crippen LogP contribution in [0.1, 0.15) is 0 Å². The van der Waals surface area contributed by atoms with Gasteiger partial charge in [0.2, 0.25) is 0 Å². The molecule has 0 aromatic rings. The first kappa shape index (κ1) is 171. The van der Waals surface area contributed by atoms with E-state index in [-0.39, 0.29) is 261 Å². The molecule has 0 saturated carbocycles. The summed E-state index contributed by atoms with van der Waals surface area (Å²) in [6.07, 6.45) is 0. The summed E-state index contributed by atoms with van der Waals surface area (Å²) in [5.41, 5.74) is 0. The van der Waals surface area contributed by atoms with E-state index in [1.165, 1.54) is 0 Å². The van der Waals surface area contributed by atoms with Gasteiger partial charge in [-0.2, -0.15) is 0 Å². The molecule has 0 heterocycles. The van der Waals surface area contributed by atoms with Crippen molar-refractivity contribution in [2.24, 2.45) is 0 Å². The predicted molar refractivity (Wildman–Crippen MR) is 59.6 cm³/mol. The summed E-state index contributed by atoms with van der Waals surface area (Å²) >= 11 is 0. The maximum atomic E-state index is 6.25. The summed E-state index contributed by atoms with van der Waals surface area (Å²) in [4.78, 5) is 0. The second kappa shape index (κ2) is 6590. The van der Waals surface area contributed by atoms with Crippen LogP contribution >= 0.6 is 0 Å². The second-order valence-electron chi connectivity index (χ2n) is 0. The van der Waals surface area contributed by atoms with Gasteiger partial charge in [-0.05, 0) is 0 Å². The monoisotopic (exact) mass is 628 g/mol. The van der Waals surface area contributed by atoms with Gasteiger partial charge in [-0.25, -0.2) is 0 Å². The van der Waals surface area contributed by atoms with E-state index in [4.69, 9.17) is 142 Å². The van der Waals surface area contributed by atoms with Crippen molar-refractivity contribution in [1.82, 2.24) is 0 Å². The van der Waals surface area contributed by atoms with Gasteiger partial charge in [-0.1, -0.05) is 0 Å². The summed E-state index contributed by atoms with van der Waals surface area (Å²) in [5.74, 6) is 0. The molecular formula is C12Fe2K4N12Ti. The molecule has 0 radical (unpaired) electrons. The van der Waals surface area contributed by atoms with E-state index >= 15 is 0 Å². The van der Waals surface area contributed by atoms with Crippen LogP contribution in [0.3, 0.4) is 0 Å². The van der Waals surface area contributed by atoms with Crippen LogP contribution < -0.4 is 206 Å². The summed E-state index contributed by atoms with van der Waals surface area (Å²) in [5, 5.41) is 75.0. The molecule has 0 aliphatic heterocycles. The van der Waals surface area contributed by atoms with Crippen LogP contribution in [0.5, 0.6) is 0 Å². The maximum absolute atomic E-state index is 6.25. The Morgan fingerprint density at radius 2 is 0.194 bits per heavy atom. The molecule has 0 atom stereocenters. The number of nitrogens with zero attached hydrogens (tertiary/aromatic N) is 12. The fourth-order valence-corrected chi connectivity index (χ4v) is 0. The van der Waals surface area contributed by atoms with Crippen LogP contribution in [0.2, 0.25) is 0 Å². The molecule has 0 aliphatic rings. The largest absolute Gasteiger partial charge is 4.00 e. The van der Waals surface area contributed by atoms with Crippen molar-refractivity contribution in [1.29, 1.82) is 63.1 Å². The van der Waals surface area contributed by atoms with Crippen molar-refractivity contribution in [3.8, 4) is 0 Å². The van der Waals surface area contributed by atoms with Crippen LogP contribution in [-0.2, 0) is 55.9 Å². The summed E-state index contributed by atoms with van der Waals surface area (Å²) in [6, 6.07) is 0. The van der Waals surface area contributed by atoms with Gasteiger partial charge in [0.05, 0.1) is 0 Å². The van der Waals surface area contributed by atoms with Crippen LogP contribution in [0.15, 0.2) is 0 Å². The van der Waals surface area contributed by atoms with E-state index in [0.717, 1.165) is 0 Å². The molecule has 0 aliphatic carbocycles. The minimum absolute atomic E-state index is 0. The average Bonchev–Trinajstić information content (AvgIpc) is 2.84. The topological polar surface area (TPSA) is 285 Å². The van der Waals surface area contributed by atoms with Crippen molar-refractivity contribution < 1.29 is 261 Å². The van der Waals surface area contributed by atoms with Gasteiger partial charge in [0.15, 0.2) is 0 Å². The van der Waals surface area contributed by atoms with Gasteiger partial charge < -0.3 is 142 Å². The zero-order valence-electron chi connectivity index (χ0n) is 16.6. The van der Waals surface area contributed by atoms with E-state index < -0.39 is 0 Å². The van der Waals surface area contributed by atoms with E-state index in [1.807, 2.05) is 0 Å². The summed E-state index contributed by atoms with van der Waals surface area (Å²) in [7, 11) is 0. The van der Waals surface area contributed by atoms with Crippen molar-refractivity contribution in [2.45, 2.75) is 0 Å². The Bertz CT molecular complexity index is 244. The Morgan fingerprint density at radius 3 is 0.194 bits per heavy atom. The number of rotatable bonds is 0. The SMILES string of the molecule is [C-]#N.[C-]#N.[C-]#N.[C-]#N.[C-]#N.[C-]#N.[C-]#N.[C-]#N.[C-]#N.[C-]#N.[C-]#N.[C-]#N.[Fe+2].[Fe+2].[K+].[K+].[K+].[K+].[Ti+4]. The van der Waals surface area contributed by atoms with E-state index in [0.29, 0.717) is 0 Å². The van der Waals surface area contributed by atoms with Gasteiger partial charge in [-0.3, -0.25) is 0 Å². The maximum Gasteiger partial charge on any atom is 4.00 e. The van der Waals surface area contributed by atoms with Crippen LogP contribution in [0.25, 0.3) is 0 Å². The minimum atomic E-state index is 0. The van der Waals surface area contributed by atoms with Crippen LogP contribution in [-0.4, -0.2) is 0 Å². The Hall–Kier alpha value is 2.18. The molecular weight excluding hydrogens is 628 g/mol. The zero-order valence-corrected chi connectivity index (χ0v) is 32.8. The molecule has 0 N–H and O–H groups in total. The van der Waals surface area contributed by atoms with E-state index in [2.05, 4.69) is 0 Å². The second-order valence-corrected chi connectivity index (χ2v) is 0. The molecule has 31 heavy (non-hydrogen) atoms. The average molecular weight is 628 g/mol. The van der Waals surface area contributed by atoms with Gasteiger partial charge in [0.1, 0.15) is 0 Å². The van der Waals surface area contributed by atoms with Crippen molar-refractivity contribution in [3.05, 3.63) is 78.9 Å². The first-order valence-electron chi connectivity index (χ1n) is 2.68. The Kier molecular flexibility index (Phi) is 36300. The minimum Gasteiger partial charge on any atom is -0.512 e.